The van der Waals surface area contributed by atoms with Crippen LogP contribution < -0.4 is 10.0 Å². The standard InChI is InChI=1S/C10H16ClN3O3S2/c1-3-12-10-9(11)6-8(7-13-10)19(16,17)14-4-5-18(2)15/h6-7,14H,3-5H2,1-2H3,(H,12,13). The molecular weight excluding hydrogens is 310 g/mol. The number of pyridine rings is 1. The molecule has 0 fully saturated rings. The van der Waals surface area contributed by atoms with E-state index in [4.69, 9.17) is 11.6 Å². The fourth-order valence-electron chi connectivity index (χ4n) is 1.27. The van der Waals surface area contributed by atoms with E-state index >= 15 is 0 Å². The van der Waals surface area contributed by atoms with Crippen molar-refractivity contribution in [1.29, 1.82) is 0 Å². The molecule has 0 aromatic carbocycles. The van der Waals surface area contributed by atoms with Gasteiger partial charge < -0.3 is 5.32 Å². The van der Waals surface area contributed by atoms with E-state index < -0.39 is 20.8 Å². The van der Waals surface area contributed by atoms with Crippen molar-refractivity contribution in [2.45, 2.75) is 11.8 Å². The molecule has 2 N–H and O–H groups in total. The molecular formula is C10H16ClN3O3S2. The van der Waals surface area contributed by atoms with Crippen molar-refractivity contribution < 1.29 is 12.6 Å². The summed E-state index contributed by atoms with van der Waals surface area (Å²) in [6.45, 7) is 2.63. The monoisotopic (exact) mass is 325 g/mol. The van der Waals surface area contributed by atoms with Crippen LogP contribution in [0.4, 0.5) is 5.82 Å². The lowest BCUT2D eigenvalue weighted by atomic mass is 10.4. The Balaban J connectivity index is 2.84. The average Bonchev–Trinajstić information content (AvgIpc) is 2.31. The normalized spacial score (nSPS) is 13.2. The van der Waals surface area contributed by atoms with Crippen molar-refractivity contribution in [2.24, 2.45) is 0 Å². The SMILES string of the molecule is CCNc1ncc(S(=O)(=O)NCCS(C)=O)cc1Cl. The molecule has 1 heterocycles. The Labute approximate surface area is 120 Å². The zero-order valence-electron chi connectivity index (χ0n) is 10.6. The molecule has 1 aromatic heterocycles. The first kappa shape index (κ1) is 16.4. The number of sulfonamides is 1. The molecule has 0 radical (unpaired) electrons. The summed E-state index contributed by atoms with van der Waals surface area (Å²) in [6.07, 6.45) is 2.74. The molecule has 0 aliphatic rings. The third-order valence-electron chi connectivity index (χ3n) is 2.15. The first-order valence-corrected chi connectivity index (χ1v) is 9.14. The molecule has 0 bridgehead atoms. The van der Waals surface area contributed by atoms with Gasteiger partial charge in [0.25, 0.3) is 0 Å². The second-order valence-electron chi connectivity index (χ2n) is 3.71. The van der Waals surface area contributed by atoms with Gasteiger partial charge in [-0.1, -0.05) is 11.6 Å². The Hall–Kier alpha value is -0.700. The lowest BCUT2D eigenvalue weighted by Gasteiger charge is -2.08. The minimum Gasteiger partial charge on any atom is -0.369 e. The molecule has 1 unspecified atom stereocenters. The van der Waals surface area contributed by atoms with E-state index in [0.29, 0.717) is 12.4 Å². The van der Waals surface area contributed by atoms with E-state index in [1.54, 1.807) is 0 Å². The minimum atomic E-state index is -3.67. The number of anilines is 1. The fourth-order valence-corrected chi connectivity index (χ4v) is 3.09. The minimum absolute atomic E-state index is 0.0129. The third-order valence-corrected chi connectivity index (χ3v) is 4.65. The van der Waals surface area contributed by atoms with Crippen LogP contribution in [0, 0.1) is 0 Å². The predicted octanol–water partition coefficient (Wildman–Crippen LogP) is 0.824. The summed E-state index contributed by atoms with van der Waals surface area (Å²) in [5.74, 6) is 0.702. The van der Waals surface area contributed by atoms with Crippen molar-refractivity contribution in [3.8, 4) is 0 Å². The van der Waals surface area contributed by atoms with Crippen LogP contribution in [-0.4, -0.2) is 42.7 Å². The number of hydrogen-bond acceptors (Lipinski definition) is 5. The molecule has 19 heavy (non-hydrogen) atoms. The zero-order valence-corrected chi connectivity index (χ0v) is 13.0. The van der Waals surface area contributed by atoms with E-state index in [0.717, 1.165) is 0 Å². The van der Waals surface area contributed by atoms with Crippen molar-refractivity contribution in [1.82, 2.24) is 9.71 Å². The van der Waals surface area contributed by atoms with Crippen LogP contribution in [0.5, 0.6) is 0 Å². The third kappa shape index (κ3) is 5.06. The number of nitrogens with one attached hydrogen (secondary N) is 2. The molecule has 1 atom stereocenters. The second-order valence-corrected chi connectivity index (χ2v) is 7.44. The van der Waals surface area contributed by atoms with Gasteiger partial charge in [-0.15, -0.1) is 0 Å². The summed E-state index contributed by atoms with van der Waals surface area (Å²) in [7, 11) is -4.72. The van der Waals surface area contributed by atoms with Crippen molar-refractivity contribution >= 4 is 38.2 Å². The first-order valence-electron chi connectivity index (χ1n) is 5.56. The molecule has 0 amide bonds. The summed E-state index contributed by atoms with van der Waals surface area (Å²) < 4.78 is 37.0. The van der Waals surface area contributed by atoms with Gasteiger partial charge in [0.15, 0.2) is 0 Å². The van der Waals surface area contributed by atoms with E-state index in [1.165, 1.54) is 18.5 Å². The molecule has 1 rings (SSSR count). The maximum Gasteiger partial charge on any atom is 0.242 e. The van der Waals surface area contributed by atoms with Crippen LogP contribution in [0.2, 0.25) is 5.02 Å². The Bertz CT molecular complexity index is 563. The molecule has 0 spiro atoms. The molecule has 108 valence electrons. The summed E-state index contributed by atoms with van der Waals surface area (Å²) in [5.41, 5.74) is 0. The van der Waals surface area contributed by atoms with E-state index in [1.807, 2.05) is 6.92 Å². The fraction of sp³-hybridized carbons (Fsp3) is 0.500. The molecule has 0 saturated carbocycles. The van der Waals surface area contributed by atoms with Gasteiger partial charge in [0.2, 0.25) is 10.0 Å². The Kier molecular flexibility index (Phi) is 6.18. The van der Waals surface area contributed by atoms with Gasteiger partial charge >= 0.3 is 0 Å². The van der Waals surface area contributed by atoms with Crippen LogP contribution in [0.15, 0.2) is 17.2 Å². The molecule has 9 heteroatoms. The van der Waals surface area contributed by atoms with Crippen molar-refractivity contribution in [2.75, 3.05) is 30.4 Å². The Morgan fingerprint density at radius 1 is 1.47 bits per heavy atom. The smallest absolute Gasteiger partial charge is 0.242 e. The highest BCUT2D eigenvalue weighted by Crippen LogP contribution is 2.22. The van der Waals surface area contributed by atoms with Crippen LogP contribution in [0.3, 0.4) is 0 Å². The number of rotatable bonds is 7. The molecule has 6 nitrogen and oxygen atoms in total. The van der Waals surface area contributed by atoms with E-state index in [2.05, 4.69) is 15.0 Å². The lowest BCUT2D eigenvalue weighted by Crippen LogP contribution is -2.27. The van der Waals surface area contributed by atoms with E-state index in [-0.39, 0.29) is 22.2 Å². The number of hydrogen-bond donors (Lipinski definition) is 2. The molecule has 0 aliphatic carbocycles. The average molecular weight is 326 g/mol. The van der Waals surface area contributed by atoms with Gasteiger partial charge in [-0.05, 0) is 13.0 Å². The van der Waals surface area contributed by atoms with Crippen LogP contribution in [0.1, 0.15) is 6.92 Å². The summed E-state index contributed by atoms with van der Waals surface area (Å²) >= 11 is 5.93. The van der Waals surface area contributed by atoms with Crippen LogP contribution in [-0.2, 0) is 20.8 Å². The highest BCUT2D eigenvalue weighted by Gasteiger charge is 2.16. The molecule has 1 aromatic rings. The van der Waals surface area contributed by atoms with Gasteiger partial charge in [0.05, 0.1) is 5.02 Å². The maximum atomic E-state index is 11.9. The van der Waals surface area contributed by atoms with Crippen molar-refractivity contribution in [3.05, 3.63) is 17.3 Å². The summed E-state index contributed by atoms with van der Waals surface area (Å²) in [5, 5.41) is 3.15. The number of nitrogens with zero attached hydrogens (tertiary/aromatic N) is 1. The largest absolute Gasteiger partial charge is 0.369 e. The second kappa shape index (κ2) is 7.18. The Morgan fingerprint density at radius 3 is 2.68 bits per heavy atom. The summed E-state index contributed by atoms with van der Waals surface area (Å²) in [4.78, 5) is 3.94. The van der Waals surface area contributed by atoms with Gasteiger partial charge in [-0.3, -0.25) is 4.21 Å². The number of halogens is 1. The van der Waals surface area contributed by atoms with Crippen LogP contribution in [0.25, 0.3) is 0 Å². The number of aromatic nitrogens is 1. The highest BCUT2D eigenvalue weighted by atomic mass is 35.5. The quantitative estimate of drug-likeness (QED) is 0.775. The van der Waals surface area contributed by atoms with Gasteiger partial charge in [0, 0.05) is 42.1 Å². The van der Waals surface area contributed by atoms with E-state index in [9.17, 15) is 12.6 Å². The Morgan fingerprint density at radius 2 is 2.16 bits per heavy atom. The highest BCUT2D eigenvalue weighted by molar-refractivity contribution is 7.89. The van der Waals surface area contributed by atoms with Gasteiger partial charge in [-0.2, -0.15) is 0 Å². The van der Waals surface area contributed by atoms with Crippen molar-refractivity contribution in [3.63, 3.8) is 0 Å². The molecule has 0 aliphatic heterocycles. The lowest BCUT2D eigenvalue weighted by molar-refractivity contribution is 0.583. The maximum absolute atomic E-state index is 11.9. The predicted molar refractivity (Wildman–Crippen MR) is 77.5 cm³/mol. The zero-order chi connectivity index (χ0) is 14.5. The topological polar surface area (TPSA) is 88.2 Å². The first-order chi connectivity index (χ1) is 8.86. The van der Waals surface area contributed by atoms with Gasteiger partial charge in [0.1, 0.15) is 10.7 Å². The summed E-state index contributed by atoms with van der Waals surface area (Å²) in [6, 6.07) is 1.33. The molecule has 0 saturated heterocycles. The van der Waals surface area contributed by atoms with Gasteiger partial charge in [-0.25, -0.2) is 18.1 Å². The van der Waals surface area contributed by atoms with Crippen LogP contribution >= 0.6 is 11.6 Å².